The van der Waals surface area contributed by atoms with Gasteiger partial charge in [-0.3, -0.25) is 0 Å². The molecule has 3 heteroatoms. The molecule has 0 fully saturated rings. The SMILES string of the molecule is C#CCc1ccc2[nH]c(I)nc2c1. The van der Waals surface area contributed by atoms with Crippen LogP contribution in [-0.4, -0.2) is 9.97 Å². The van der Waals surface area contributed by atoms with E-state index in [1.54, 1.807) is 0 Å². The predicted molar refractivity (Wildman–Crippen MR) is 61.3 cm³/mol. The van der Waals surface area contributed by atoms with Gasteiger partial charge in [-0.2, -0.15) is 0 Å². The van der Waals surface area contributed by atoms with E-state index in [-0.39, 0.29) is 0 Å². The van der Waals surface area contributed by atoms with Crippen LogP contribution in [0.1, 0.15) is 5.56 Å². The van der Waals surface area contributed by atoms with Gasteiger partial charge in [0, 0.05) is 6.42 Å². The first-order valence-corrected chi connectivity index (χ1v) is 4.95. The lowest BCUT2D eigenvalue weighted by molar-refractivity contribution is 1.26. The van der Waals surface area contributed by atoms with E-state index in [4.69, 9.17) is 6.42 Å². The lowest BCUT2D eigenvalue weighted by Gasteiger charge is -1.93. The minimum Gasteiger partial charge on any atom is -0.333 e. The molecular weight excluding hydrogens is 275 g/mol. The second kappa shape index (κ2) is 3.38. The van der Waals surface area contributed by atoms with Crippen LogP contribution >= 0.6 is 22.6 Å². The lowest BCUT2D eigenvalue weighted by Crippen LogP contribution is -1.80. The van der Waals surface area contributed by atoms with Crippen LogP contribution in [0.15, 0.2) is 18.2 Å². The molecule has 0 aliphatic carbocycles. The van der Waals surface area contributed by atoms with Gasteiger partial charge >= 0.3 is 0 Å². The Morgan fingerprint density at radius 3 is 3.15 bits per heavy atom. The van der Waals surface area contributed by atoms with Crippen molar-refractivity contribution in [1.29, 1.82) is 0 Å². The van der Waals surface area contributed by atoms with E-state index in [1.807, 2.05) is 18.2 Å². The summed E-state index contributed by atoms with van der Waals surface area (Å²) in [6.07, 6.45) is 5.90. The second-order valence-corrected chi connectivity index (χ2v) is 3.78. The minimum atomic E-state index is 0.666. The summed E-state index contributed by atoms with van der Waals surface area (Å²) in [4.78, 5) is 7.47. The molecule has 2 aromatic rings. The topological polar surface area (TPSA) is 28.7 Å². The van der Waals surface area contributed by atoms with Gasteiger partial charge in [0.2, 0.25) is 0 Å². The van der Waals surface area contributed by atoms with Gasteiger partial charge in [0.1, 0.15) is 0 Å². The number of fused-ring (bicyclic) bond motifs is 1. The Labute approximate surface area is 89.9 Å². The number of hydrogen-bond donors (Lipinski definition) is 1. The molecular formula is C10H7IN2. The van der Waals surface area contributed by atoms with Crippen molar-refractivity contribution in [2.45, 2.75) is 6.42 Å². The Hall–Kier alpha value is -1.02. The van der Waals surface area contributed by atoms with Gasteiger partial charge in [-0.05, 0) is 40.3 Å². The van der Waals surface area contributed by atoms with Crippen molar-refractivity contribution in [3.05, 3.63) is 27.6 Å². The highest BCUT2D eigenvalue weighted by Gasteiger charge is 2.00. The summed E-state index contributed by atoms with van der Waals surface area (Å²) in [6.45, 7) is 0. The molecule has 64 valence electrons. The van der Waals surface area contributed by atoms with Crippen LogP contribution in [0.4, 0.5) is 0 Å². The maximum Gasteiger partial charge on any atom is 0.169 e. The smallest absolute Gasteiger partial charge is 0.169 e. The van der Waals surface area contributed by atoms with Crippen LogP contribution in [0, 0.1) is 16.2 Å². The Bertz CT molecular complexity index is 479. The summed E-state index contributed by atoms with van der Waals surface area (Å²) in [5, 5.41) is 0. The van der Waals surface area contributed by atoms with Crippen LogP contribution in [0.5, 0.6) is 0 Å². The molecule has 0 aliphatic heterocycles. The van der Waals surface area contributed by atoms with Gasteiger partial charge in [-0.25, -0.2) is 4.98 Å². The highest BCUT2D eigenvalue weighted by Crippen LogP contribution is 2.14. The average Bonchev–Trinajstić information content (AvgIpc) is 2.44. The van der Waals surface area contributed by atoms with Crippen molar-refractivity contribution in [2.24, 2.45) is 0 Å². The highest BCUT2D eigenvalue weighted by molar-refractivity contribution is 14.1. The summed E-state index contributed by atoms with van der Waals surface area (Å²) >= 11 is 2.16. The van der Waals surface area contributed by atoms with Crippen LogP contribution < -0.4 is 0 Å². The van der Waals surface area contributed by atoms with Crippen molar-refractivity contribution < 1.29 is 0 Å². The maximum atomic E-state index is 5.23. The zero-order valence-corrected chi connectivity index (χ0v) is 9.00. The van der Waals surface area contributed by atoms with Crippen LogP contribution in [0.25, 0.3) is 11.0 Å². The monoisotopic (exact) mass is 282 g/mol. The van der Waals surface area contributed by atoms with Crippen LogP contribution in [-0.2, 0) is 6.42 Å². The van der Waals surface area contributed by atoms with Gasteiger partial charge in [-0.15, -0.1) is 12.3 Å². The third-order valence-electron chi connectivity index (χ3n) is 1.82. The van der Waals surface area contributed by atoms with E-state index >= 15 is 0 Å². The molecule has 0 amide bonds. The zero-order valence-electron chi connectivity index (χ0n) is 6.84. The summed E-state index contributed by atoms with van der Waals surface area (Å²) in [5.74, 6) is 2.62. The molecule has 1 heterocycles. The third-order valence-corrected chi connectivity index (χ3v) is 2.34. The molecule has 13 heavy (non-hydrogen) atoms. The number of nitrogens with zero attached hydrogens (tertiary/aromatic N) is 1. The summed E-state index contributed by atoms with van der Waals surface area (Å²) in [6, 6.07) is 6.06. The Balaban J connectivity index is 2.56. The molecule has 0 saturated heterocycles. The standard InChI is InChI=1S/C10H7IN2/c1-2-3-7-4-5-8-9(6-7)13-10(11)12-8/h1,4-6H,3H2,(H,12,13). The molecule has 0 unspecified atom stereocenters. The first-order chi connectivity index (χ1) is 6.29. The normalized spacial score (nSPS) is 10.2. The number of terminal acetylenes is 1. The van der Waals surface area contributed by atoms with Crippen molar-refractivity contribution in [2.75, 3.05) is 0 Å². The Morgan fingerprint density at radius 2 is 2.38 bits per heavy atom. The molecule has 1 aromatic carbocycles. The highest BCUT2D eigenvalue weighted by atomic mass is 127. The van der Waals surface area contributed by atoms with Gasteiger partial charge in [-0.1, -0.05) is 6.07 Å². The van der Waals surface area contributed by atoms with Crippen molar-refractivity contribution >= 4 is 33.6 Å². The van der Waals surface area contributed by atoms with Gasteiger partial charge < -0.3 is 4.98 Å². The van der Waals surface area contributed by atoms with Crippen LogP contribution in [0.3, 0.4) is 0 Å². The third kappa shape index (κ3) is 1.68. The molecule has 1 aromatic heterocycles. The number of halogens is 1. The maximum absolute atomic E-state index is 5.23. The number of aromatic nitrogens is 2. The first kappa shape index (κ1) is 8.57. The van der Waals surface area contributed by atoms with E-state index in [2.05, 4.69) is 38.5 Å². The Morgan fingerprint density at radius 1 is 1.54 bits per heavy atom. The van der Waals surface area contributed by atoms with Crippen molar-refractivity contribution in [3.63, 3.8) is 0 Å². The number of H-pyrrole nitrogens is 1. The Kier molecular flexibility index (Phi) is 2.23. The number of benzene rings is 1. The molecule has 1 N–H and O–H groups in total. The first-order valence-electron chi connectivity index (χ1n) is 3.87. The second-order valence-electron chi connectivity index (χ2n) is 2.76. The van der Waals surface area contributed by atoms with E-state index in [1.165, 1.54) is 0 Å². The van der Waals surface area contributed by atoms with Crippen LogP contribution in [0.2, 0.25) is 0 Å². The molecule has 0 atom stereocenters. The quantitative estimate of drug-likeness (QED) is 0.631. The van der Waals surface area contributed by atoms with Gasteiger partial charge in [0.25, 0.3) is 0 Å². The molecule has 0 aliphatic rings. The summed E-state index contributed by atoms with van der Waals surface area (Å²) in [5.41, 5.74) is 3.18. The fourth-order valence-corrected chi connectivity index (χ4v) is 1.80. The van der Waals surface area contributed by atoms with Gasteiger partial charge in [0.15, 0.2) is 3.83 Å². The molecule has 2 rings (SSSR count). The fourth-order valence-electron chi connectivity index (χ4n) is 1.25. The molecule has 0 saturated carbocycles. The number of nitrogens with one attached hydrogen (secondary N) is 1. The predicted octanol–water partition coefficient (Wildman–Crippen LogP) is 2.34. The fraction of sp³-hybridized carbons (Fsp3) is 0.100. The minimum absolute atomic E-state index is 0.666. The van der Waals surface area contributed by atoms with E-state index in [0.29, 0.717) is 6.42 Å². The van der Waals surface area contributed by atoms with E-state index < -0.39 is 0 Å². The summed E-state index contributed by atoms with van der Waals surface area (Å²) < 4.78 is 0.908. The van der Waals surface area contributed by atoms with Crippen molar-refractivity contribution in [1.82, 2.24) is 9.97 Å². The number of imidazole rings is 1. The number of aromatic amines is 1. The van der Waals surface area contributed by atoms with Gasteiger partial charge in [0.05, 0.1) is 11.0 Å². The van der Waals surface area contributed by atoms with E-state index in [9.17, 15) is 0 Å². The molecule has 0 bridgehead atoms. The number of hydrogen-bond acceptors (Lipinski definition) is 1. The molecule has 0 radical (unpaired) electrons. The molecule has 0 spiro atoms. The zero-order chi connectivity index (χ0) is 9.26. The number of rotatable bonds is 1. The lowest BCUT2D eigenvalue weighted by atomic mass is 10.1. The largest absolute Gasteiger partial charge is 0.333 e. The average molecular weight is 282 g/mol. The van der Waals surface area contributed by atoms with E-state index in [0.717, 1.165) is 20.4 Å². The summed E-state index contributed by atoms with van der Waals surface area (Å²) in [7, 11) is 0. The van der Waals surface area contributed by atoms with Crippen molar-refractivity contribution in [3.8, 4) is 12.3 Å². The molecule has 2 nitrogen and oxygen atoms in total.